The van der Waals surface area contributed by atoms with Gasteiger partial charge in [0, 0.05) is 13.2 Å². The smallest absolute Gasteiger partial charge is 0.190 e. The zero-order valence-corrected chi connectivity index (χ0v) is 9.13. The van der Waals surface area contributed by atoms with E-state index in [9.17, 15) is 8.78 Å². The summed E-state index contributed by atoms with van der Waals surface area (Å²) in [5.41, 5.74) is 5.68. The van der Waals surface area contributed by atoms with Crippen LogP contribution in [0.25, 0.3) is 0 Å². The minimum atomic E-state index is -0.739. The number of halogens is 2. The average Bonchev–Trinajstić information content (AvgIpc) is 2.26. The molecule has 0 amide bonds. The van der Waals surface area contributed by atoms with Crippen LogP contribution in [0.15, 0.2) is 12.1 Å². The molecule has 0 aliphatic heterocycles. The molecule has 5 heteroatoms. The summed E-state index contributed by atoms with van der Waals surface area (Å²) < 4.78 is 36.6. The quantitative estimate of drug-likeness (QED) is 0.760. The van der Waals surface area contributed by atoms with Gasteiger partial charge >= 0.3 is 0 Å². The summed E-state index contributed by atoms with van der Waals surface area (Å²) in [6.07, 6.45) is 0. The molecule has 0 spiro atoms. The van der Waals surface area contributed by atoms with Crippen LogP contribution in [-0.4, -0.2) is 19.8 Å². The Balaban J connectivity index is 2.65. The standard InChI is InChI=1S/C11H15F2NO2/c1-2-15-3-4-16-11-9(12)5-8(7-14)6-10(11)13/h5-6H,2-4,7,14H2,1H3. The molecular formula is C11H15F2NO2. The van der Waals surface area contributed by atoms with Crippen molar-refractivity contribution in [3.63, 3.8) is 0 Å². The van der Waals surface area contributed by atoms with Gasteiger partial charge in [-0.1, -0.05) is 0 Å². The van der Waals surface area contributed by atoms with Gasteiger partial charge in [-0.05, 0) is 24.6 Å². The van der Waals surface area contributed by atoms with Gasteiger partial charge in [0.15, 0.2) is 17.4 Å². The Bertz CT molecular complexity index is 322. The fourth-order valence-electron chi connectivity index (χ4n) is 1.22. The Labute approximate surface area is 93.2 Å². The van der Waals surface area contributed by atoms with E-state index < -0.39 is 11.6 Å². The van der Waals surface area contributed by atoms with E-state index in [2.05, 4.69) is 0 Å². The average molecular weight is 231 g/mol. The molecule has 1 aromatic rings. The summed E-state index contributed by atoms with van der Waals surface area (Å²) >= 11 is 0. The zero-order chi connectivity index (χ0) is 12.0. The van der Waals surface area contributed by atoms with E-state index in [1.54, 1.807) is 0 Å². The molecule has 0 aliphatic rings. The van der Waals surface area contributed by atoms with Gasteiger partial charge in [-0.3, -0.25) is 0 Å². The second-order valence-corrected chi connectivity index (χ2v) is 3.14. The van der Waals surface area contributed by atoms with Crippen molar-refractivity contribution in [3.05, 3.63) is 29.3 Å². The van der Waals surface area contributed by atoms with E-state index in [4.69, 9.17) is 15.2 Å². The Kier molecular flexibility index (Phi) is 5.14. The molecule has 0 unspecified atom stereocenters. The van der Waals surface area contributed by atoms with Crippen LogP contribution in [0.3, 0.4) is 0 Å². The SMILES string of the molecule is CCOCCOc1c(F)cc(CN)cc1F. The first-order valence-corrected chi connectivity index (χ1v) is 5.07. The predicted octanol–water partition coefficient (Wildman–Crippen LogP) is 1.84. The summed E-state index contributed by atoms with van der Waals surface area (Å²) in [7, 11) is 0. The fraction of sp³-hybridized carbons (Fsp3) is 0.455. The van der Waals surface area contributed by atoms with Gasteiger partial charge in [-0.2, -0.15) is 0 Å². The third-order valence-electron chi connectivity index (χ3n) is 1.97. The van der Waals surface area contributed by atoms with Crippen LogP contribution in [0.1, 0.15) is 12.5 Å². The highest BCUT2D eigenvalue weighted by Crippen LogP contribution is 2.23. The van der Waals surface area contributed by atoms with E-state index in [0.29, 0.717) is 18.8 Å². The molecule has 0 aliphatic carbocycles. The molecule has 0 saturated heterocycles. The van der Waals surface area contributed by atoms with Crippen molar-refractivity contribution in [2.24, 2.45) is 5.73 Å². The lowest BCUT2D eigenvalue weighted by Crippen LogP contribution is -2.09. The molecular weight excluding hydrogens is 216 g/mol. The summed E-state index contributed by atoms with van der Waals surface area (Å²) in [4.78, 5) is 0. The van der Waals surface area contributed by atoms with Gasteiger partial charge in [0.1, 0.15) is 6.61 Å². The Hall–Kier alpha value is -1.20. The maximum Gasteiger partial charge on any atom is 0.190 e. The lowest BCUT2D eigenvalue weighted by atomic mass is 10.2. The van der Waals surface area contributed by atoms with Crippen LogP contribution < -0.4 is 10.5 Å². The number of nitrogens with two attached hydrogens (primary N) is 1. The molecule has 16 heavy (non-hydrogen) atoms. The number of hydrogen-bond donors (Lipinski definition) is 1. The third-order valence-corrected chi connectivity index (χ3v) is 1.97. The van der Waals surface area contributed by atoms with Crippen LogP contribution in [0.2, 0.25) is 0 Å². The Morgan fingerprint density at radius 2 is 1.81 bits per heavy atom. The zero-order valence-electron chi connectivity index (χ0n) is 9.13. The Morgan fingerprint density at radius 1 is 1.19 bits per heavy atom. The van der Waals surface area contributed by atoms with E-state index in [0.717, 1.165) is 0 Å². The molecule has 1 rings (SSSR count). The molecule has 0 saturated carbocycles. The van der Waals surface area contributed by atoms with Crippen LogP contribution in [-0.2, 0) is 11.3 Å². The topological polar surface area (TPSA) is 44.5 Å². The summed E-state index contributed by atoms with van der Waals surface area (Å²) in [5, 5.41) is 0. The molecule has 3 nitrogen and oxygen atoms in total. The lowest BCUT2D eigenvalue weighted by Gasteiger charge is -2.09. The van der Waals surface area contributed by atoms with Crippen molar-refractivity contribution in [1.82, 2.24) is 0 Å². The first kappa shape index (κ1) is 12.9. The monoisotopic (exact) mass is 231 g/mol. The maximum absolute atomic E-state index is 13.3. The molecule has 0 aromatic heterocycles. The van der Waals surface area contributed by atoms with Gasteiger partial charge < -0.3 is 15.2 Å². The number of ether oxygens (including phenoxy) is 2. The normalized spacial score (nSPS) is 10.5. The molecule has 2 N–H and O–H groups in total. The van der Waals surface area contributed by atoms with Crippen molar-refractivity contribution in [2.75, 3.05) is 19.8 Å². The van der Waals surface area contributed by atoms with Crippen LogP contribution in [0.4, 0.5) is 8.78 Å². The van der Waals surface area contributed by atoms with E-state index in [1.165, 1.54) is 12.1 Å². The molecule has 0 atom stereocenters. The summed E-state index contributed by atoms with van der Waals surface area (Å²) in [5.74, 6) is -1.86. The second-order valence-electron chi connectivity index (χ2n) is 3.14. The van der Waals surface area contributed by atoms with Crippen molar-refractivity contribution in [1.29, 1.82) is 0 Å². The van der Waals surface area contributed by atoms with E-state index in [-0.39, 0.29) is 18.9 Å². The highest BCUT2D eigenvalue weighted by molar-refractivity contribution is 5.31. The number of rotatable bonds is 6. The van der Waals surface area contributed by atoms with Gasteiger partial charge in [0.25, 0.3) is 0 Å². The van der Waals surface area contributed by atoms with Crippen LogP contribution >= 0.6 is 0 Å². The first-order valence-electron chi connectivity index (χ1n) is 5.07. The van der Waals surface area contributed by atoms with Crippen molar-refractivity contribution in [2.45, 2.75) is 13.5 Å². The molecule has 1 aromatic carbocycles. The predicted molar refractivity (Wildman–Crippen MR) is 56.2 cm³/mol. The number of hydrogen-bond acceptors (Lipinski definition) is 3. The van der Waals surface area contributed by atoms with Gasteiger partial charge in [0.2, 0.25) is 0 Å². The van der Waals surface area contributed by atoms with Gasteiger partial charge in [0.05, 0.1) is 6.61 Å². The minimum Gasteiger partial charge on any atom is -0.485 e. The second kappa shape index (κ2) is 6.40. The molecule has 0 radical (unpaired) electrons. The largest absolute Gasteiger partial charge is 0.485 e. The minimum absolute atomic E-state index is 0.0903. The van der Waals surface area contributed by atoms with Crippen molar-refractivity contribution >= 4 is 0 Å². The van der Waals surface area contributed by atoms with Gasteiger partial charge in [-0.25, -0.2) is 8.78 Å². The molecule has 0 bridgehead atoms. The van der Waals surface area contributed by atoms with Crippen molar-refractivity contribution in [3.8, 4) is 5.75 Å². The highest BCUT2D eigenvalue weighted by Gasteiger charge is 2.11. The fourth-order valence-corrected chi connectivity index (χ4v) is 1.22. The van der Waals surface area contributed by atoms with E-state index in [1.807, 2.05) is 6.92 Å². The number of benzene rings is 1. The van der Waals surface area contributed by atoms with Gasteiger partial charge in [-0.15, -0.1) is 0 Å². The lowest BCUT2D eigenvalue weighted by molar-refractivity contribution is 0.107. The Morgan fingerprint density at radius 3 is 2.31 bits per heavy atom. The summed E-state index contributed by atoms with van der Waals surface area (Å²) in [6.45, 7) is 2.88. The maximum atomic E-state index is 13.3. The highest BCUT2D eigenvalue weighted by atomic mass is 19.1. The molecule has 90 valence electrons. The molecule has 0 heterocycles. The van der Waals surface area contributed by atoms with Crippen LogP contribution in [0.5, 0.6) is 5.75 Å². The van der Waals surface area contributed by atoms with Crippen LogP contribution in [0, 0.1) is 11.6 Å². The van der Waals surface area contributed by atoms with Crippen molar-refractivity contribution < 1.29 is 18.3 Å². The van der Waals surface area contributed by atoms with E-state index >= 15 is 0 Å². The first-order chi connectivity index (χ1) is 7.69. The summed E-state index contributed by atoms with van der Waals surface area (Å²) in [6, 6.07) is 2.33. The molecule has 0 fully saturated rings. The third kappa shape index (κ3) is 3.43.